The molecule has 2 amide bonds. The summed E-state index contributed by atoms with van der Waals surface area (Å²) in [6, 6.07) is 0.167. The molecule has 3 heterocycles. The van der Waals surface area contributed by atoms with Gasteiger partial charge >= 0.3 is 0 Å². The Labute approximate surface area is 157 Å². The summed E-state index contributed by atoms with van der Waals surface area (Å²) in [4.78, 5) is 31.8. The van der Waals surface area contributed by atoms with Crippen LogP contribution in [0.5, 0.6) is 0 Å². The summed E-state index contributed by atoms with van der Waals surface area (Å²) >= 11 is 0. The summed E-state index contributed by atoms with van der Waals surface area (Å²) in [5.41, 5.74) is 3.97. The lowest BCUT2D eigenvalue weighted by Gasteiger charge is -2.26. The van der Waals surface area contributed by atoms with Gasteiger partial charge in [-0.2, -0.15) is 0 Å². The number of nitrogens with zero attached hydrogens (tertiary/aromatic N) is 3. The molecule has 2 fully saturated rings. The van der Waals surface area contributed by atoms with E-state index in [0.717, 1.165) is 66.5 Å². The summed E-state index contributed by atoms with van der Waals surface area (Å²) in [7, 11) is 1.90. The van der Waals surface area contributed by atoms with E-state index in [1.54, 1.807) is 0 Å². The third-order valence-corrected chi connectivity index (χ3v) is 6.73. The first kappa shape index (κ1) is 16.7. The van der Waals surface area contributed by atoms with Crippen molar-refractivity contribution in [3.05, 3.63) is 22.5 Å². The van der Waals surface area contributed by atoms with Crippen LogP contribution >= 0.6 is 0 Å². The topological polar surface area (TPSA) is 88.3 Å². The average molecular weight is 368 g/mol. The molecule has 0 bridgehead atoms. The maximum Gasteiger partial charge on any atom is 0.259 e. The lowest BCUT2D eigenvalue weighted by molar-refractivity contribution is -0.124. The van der Waals surface area contributed by atoms with Crippen LogP contribution in [0.1, 0.15) is 53.0 Å². The number of hydrogen-bond acceptors (Lipinski definition) is 5. The molecule has 0 spiro atoms. The Kier molecular flexibility index (Phi) is 3.74. The zero-order chi connectivity index (χ0) is 18.7. The maximum atomic E-state index is 13.6. The van der Waals surface area contributed by atoms with Crippen molar-refractivity contribution >= 4 is 22.9 Å². The fraction of sp³-hybridized carbons (Fsp3) is 0.600. The smallest absolute Gasteiger partial charge is 0.259 e. The van der Waals surface area contributed by atoms with Crippen LogP contribution in [0.25, 0.3) is 11.1 Å². The lowest BCUT2D eigenvalue weighted by Crippen LogP contribution is -2.38. The van der Waals surface area contributed by atoms with Gasteiger partial charge in [0.05, 0.1) is 16.6 Å². The van der Waals surface area contributed by atoms with Gasteiger partial charge in [-0.1, -0.05) is 5.16 Å². The van der Waals surface area contributed by atoms with Gasteiger partial charge in [0.1, 0.15) is 0 Å². The highest BCUT2D eigenvalue weighted by Gasteiger charge is 2.41. The van der Waals surface area contributed by atoms with Gasteiger partial charge in [-0.05, 0) is 56.4 Å². The second-order valence-electron chi connectivity index (χ2n) is 8.28. The average Bonchev–Trinajstić information content (AvgIpc) is 3.37. The van der Waals surface area contributed by atoms with Gasteiger partial charge in [-0.3, -0.25) is 9.59 Å². The predicted octanol–water partition coefficient (Wildman–Crippen LogP) is 2.01. The highest BCUT2D eigenvalue weighted by atomic mass is 16.5. The van der Waals surface area contributed by atoms with Crippen LogP contribution < -0.4 is 5.32 Å². The normalized spacial score (nSPS) is 26.7. The third kappa shape index (κ3) is 2.55. The number of piperidine rings is 1. The number of carbonyl (C=O) groups is 2. The van der Waals surface area contributed by atoms with Gasteiger partial charge in [-0.15, -0.1) is 0 Å². The number of amides is 2. The molecule has 7 nitrogen and oxygen atoms in total. The van der Waals surface area contributed by atoms with Crippen molar-refractivity contribution in [1.29, 1.82) is 0 Å². The minimum Gasteiger partial charge on any atom is -0.356 e. The number of fused-ring (bicyclic) bond motifs is 3. The molecule has 2 aromatic rings. The van der Waals surface area contributed by atoms with E-state index in [9.17, 15) is 9.59 Å². The van der Waals surface area contributed by atoms with Crippen LogP contribution in [-0.4, -0.2) is 46.5 Å². The van der Waals surface area contributed by atoms with Gasteiger partial charge in [0.15, 0.2) is 0 Å². The van der Waals surface area contributed by atoms with Gasteiger partial charge in [-0.25, -0.2) is 4.98 Å². The molecular weight excluding hydrogens is 344 g/mol. The molecule has 1 saturated heterocycles. The molecule has 0 aromatic carbocycles. The van der Waals surface area contributed by atoms with E-state index >= 15 is 0 Å². The highest BCUT2D eigenvalue weighted by molar-refractivity contribution is 6.07. The Morgan fingerprint density at radius 3 is 2.93 bits per heavy atom. The highest BCUT2D eigenvalue weighted by Crippen LogP contribution is 2.39. The van der Waals surface area contributed by atoms with Crippen LogP contribution in [0.4, 0.5) is 0 Å². The van der Waals surface area contributed by atoms with E-state index in [1.807, 2.05) is 18.9 Å². The van der Waals surface area contributed by atoms with Crippen LogP contribution in [0.3, 0.4) is 0 Å². The van der Waals surface area contributed by atoms with Gasteiger partial charge < -0.3 is 14.7 Å². The van der Waals surface area contributed by atoms with Crippen molar-refractivity contribution in [2.24, 2.45) is 11.8 Å². The Morgan fingerprint density at radius 1 is 1.26 bits per heavy atom. The SMILES string of the molecule is Cc1noc2nc3c(c(C(=O)N(C)[C@H]4C[C@H]5CC(=O)NC[C@H]5C4)c12)CCC3. The fourth-order valence-corrected chi connectivity index (χ4v) is 5.25. The fourth-order valence-electron chi connectivity index (χ4n) is 5.25. The Hall–Kier alpha value is -2.44. The molecular formula is C20H24N4O3. The largest absolute Gasteiger partial charge is 0.356 e. The maximum absolute atomic E-state index is 13.6. The van der Waals surface area contributed by atoms with Crippen molar-refractivity contribution in [3.63, 3.8) is 0 Å². The van der Waals surface area contributed by atoms with E-state index in [-0.39, 0.29) is 17.9 Å². The first-order valence-electron chi connectivity index (χ1n) is 9.84. The molecule has 1 N–H and O–H groups in total. The quantitative estimate of drug-likeness (QED) is 0.876. The second-order valence-corrected chi connectivity index (χ2v) is 8.28. The standard InChI is InChI=1S/C20H24N4O3/c1-10-17-18(14-4-3-5-15(14)22-19(17)27-23-10)20(26)24(2)13-6-11-8-16(25)21-9-12(11)7-13/h11-13H,3-9H2,1-2H3,(H,21,25)/t11-,12+,13-/m0/s1. The summed E-state index contributed by atoms with van der Waals surface area (Å²) in [5.74, 6) is 1.04. The Morgan fingerprint density at radius 2 is 2.07 bits per heavy atom. The number of carbonyl (C=O) groups excluding carboxylic acids is 2. The summed E-state index contributed by atoms with van der Waals surface area (Å²) < 4.78 is 5.38. The van der Waals surface area contributed by atoms with Crippen molar-refractivity contribution < 1.29 is 14.1 Å². The van der Waals surface area contributed by atoms with Crippen LogP contribution in [0, 0.1) is 18.8 Å². The molecule has 5 rings (SSSR count). The van der Waals surface area contributed by atoms with Gasteiger partial charge in [0.2, 0.25) is 5.91 Å². The number of hydrogen-bond donors (Lipinski definition) is 1. The van der Waals surface area contributed by atoms with Crippen LogP contribution in [0.15, 0.2) is 4.52 Å². The summed E-state index contributed by atoms with van der Waals surface area (Å²) in [6.45, 7) is 2.61. The van der Waals surface area contributed by atoms with E-state index < -0.39 is 0 Å². The Balaban J connectivity index is 1.49. The number of rotatable bonds is 2. The summed E-state index contributed by atoms with van der Waals surface area (Å²) in [6.07, 6.45) is 5.23. The molecule has 3 atom stereocenters. The summed E-state index contributed by atoms with van der Waals surface area (Å²) in [5, 5.41) is 7.78. The third-order valence-electron chi connectivity index (χ3n) is 6.73. The monoisotopic (exact) mass is 368 g/mol. The minimum atomic E-state index is 0.0368. The molecule has 142 valence electrons. The minimum absolute atomic E-state index is 0.0368. The predicted molar refractivity (Wildman–Crippen MR) is 98.3 cm³/mol. The number of aryl methyl sites for hydroxylation is 2. The zero-order valence-electron chi connectivity index (χ0n) is 15.7. The molecule has 2 aliphatic carbocycles. The Bertz CT molecular complexity index is 950. The molecule has 27 heavy (non-hydrogen) atoms. The second kappa shape index (κ2) is 6.04. The molecule has 1 aliphatic heterocycles. The van der Waals surface area contributed by atoms with Crippen molar-refractivity contribution in [2.75, 3.05) is 13.6 Å². The number of nitrogens with one attached hydrogen (secondary N) is 1. The molecule has 2 aromatic heterocycles. The molecule has 0 radical (unpaired) electrons. The molecule has 3 aliphatic rings. The van der Waals surface area contributed by atoms with Crippen molar-refractivity contribution in [3.8, 4) is 0 Å². The molecule has 7 heteroatoms. The molecule has 0 unspecified atom stereocenters. The van der Waals surface area contributed by atoms with Gasteiger partial charge in [0, 0.05) is 31.7 Å². The van der Waals surface area contributed by atoms with E-state index in [2.05, 4.69) is 15.5 Å². The van der Waals surface area contributed by atoms with Crippen LogP contribution in [0.2, 0.25) is 0 Å². The van der Waals surface area contributed by atoms with Crippen molar-refractivity contribution in [2.45, 2.75) is 51.5 Å². The van der Waals surface area contributed by atoms with E-state index in [0.29, 0.717) is 24.0 Å². The lowest BCUT2D eigenvalue weighted by atomic mass is 9.89. The zero-order valence-corrected chi connectivity index (χ0v) is 15.7. The van der Waals surface area contributed by atoms with Crippen LogP contribution in [-0.2, 0) is 17.6 Å². The first-order valence-corrected chi connectivity index (χ1v) is 9.84. The molecule has 1 saturated carbocycles. The van der Waals surface area contributed by atoms with Gasteiger partial charge in [0.25, 0.3) is 11.6 Å². The number of aromatic nitrogens is 2. The number of pyridine rings is 1. The van der Waals surface area contributed by atoms with E-state index in [4.69, 9.17) is 4.52 Å². The van der Waals surface area contributed by atoms with E-state index in [1.165, 1.54) is 0 Å². The van der Waals surface area contributed by atoms with Crippen molar-refractivity contribution in [1.82, 2.24) is 20.4 Å². The first-order chi connectivity index (χ1) is 13.0.